The summed E-state index contributed by atoms with van der Waals surface area (Å²) in [5.74, 6) is 2.75. The lowest BCUT2D eigenvalue weighted by Crippen LogP contribution is -2.03. The van der Waals surface area contributed by atoms with E-state index in [9.17, 15) is 0 Å². The first-order valence-corrected chi connectivity index (χ1v) is 7.85. The van der Waals surface area contributed by atoms with Crippen LogP contribution in [0.25, 0.3) is 0 Å². The largest absolute Gasteiger partial charge is 0.497 e. The highest BCUT2D eigenvalue weighted by molar-refractivity contribution is 5.64. The molecule has 1 aromatic heterocycles. The van der Waals surface area contributed by atoms with E-state index in [4.69, 9.17) is 9.47 Å². The second kappa shape index (κ2) is 7.53. The number of hydrogen-bond donors (Lipinski definition) is 2. The maximum atomic E-state index is 5.35. The van der Waals surface area contributed by atoms with E-state index in [-0.39, 0.29) is 0 Å². The van der Waals surface area contributed by atoms with E-state index in [0.29, 0.717) is 11.8 Å². The number of benzene rings is 2. The number of nitrogens with one attached hydrogen (secondary N) is 2. The van der Waals surface area contributed by atoms with E-state index < -0.39 is 0 Å². The molecule has 0 spiro atoms. The van der Waals surface area contributed by atoms with Gasteiger partial charge in [-0.2, -0.15) is 4.98 Å². The molecule has 128 valence electrons. The molecule has 6 nitrogen and oxygen atoms in total. The van der Waals surface area contributed by atoms with Crippen LogP contribution in [0.15, 0.2) is 54.6 Å². The first-order valence-electron chi connectivity index (χ1n) is 7.85. The number of aryl methyl sites for hydroxylation is 1. The molecule has 2 aromatic carbocycles. The molecule has 3 rings (SSSR count). The average Bonchev–Trinajstić information content (AvgIpc) is 2.62. The monoisotopic (exact) mass is 336 g/mol. The van der Waals surface area contributed by atoms with Crippen molar-refractivity contribution in [2.45, 2.75) is 6.92 Å². The number of aromatic nitrogens is 2. The summed E-state index contributed by atoms with van der Waals surface area (Å²) >= 11 is 0. The molecule has 0 unspecified atom stereocenters. The van der Waals surface area contributed by atoms with Gasteiger partial charge >= 0.3 is 0 Å². The minimum Gasteiger partial charge on any atom is -0.497 e. The van der Waals surface area contributed by atoms with E-state index >= 15 is 0 Å². The van der Waals surface area contributed by atoms with Gasteiger partial charge in [-0.3, -0.25) is 0 Å². The van der Waals surface area contributed by atoms with E-state index in [1.165, 1.54) is 0 Å². The molecule has 25 heavy (non-hydrogen) atoms. The van der Waals surface area contributed by atoms with Crippen LogP contribution in [0.2, 0.25) is 0 Å². The first kappa shape index (κ1) is 16.6. The summed E-state index contributed by atoms with van der Waals surface area (Å²) in [7, 11) is 3.28. The Hall–Kier alpha value is -3.28. The van der Waals surface area contributed by atoms with Crippen LogP contribution in [0.5, 0.6) is 11.5 Å². The van der Waals surface area contributed by atoms with Gasteiger partial charge in [0.2, 0.25) is 5.95 Å². The Kier molecular flexibility index (Phi) is 4.99. The van der Waals surface area contributed by atoms with Crippen molar-refractivity contribution in [3.63, 3.8) is 0 Å². The van der Waals surface area contributed by atoms with E-state index in [1.54, 1.807) is 14.2 Å². The van der Waals surface area contributed by atoms with E-state index in [0.717, 1.165) is 28.6 Å². The Labute approximate surface area is 146 Å². The van der Waals surface area contributed by atoms with E-state index in [1.807, 2.05) is 61.5 Å². The molecule has 6 heteroatoms. The molecule has 0 radical (unpaired) electrons. The summed E-state index contributed by atoms with van der Waals surface area (Å²) < 4.78 is 10.5. The lowest BCUT2D eigenvalue weighted by molar-refractivity contribution is 0.415. The van der Waals surface area contributed by atoms with Crippen molar-refractivity contribution in [1.82, 2.24) is 9.97 Å². The van der Waals surface area contributed by atoms with Crippen molar-refractivity contribution >= 4 is 23.1 Å². The fourth-order valence-electron chi connectivity index (χ4n) is 2.38. The molecule has 2 N–H and O–H groups in total. The van der Waals surface area contributed by atoms with Crippen LogP contribution < -0.4 is 20.1 Å². The molecule has 0 saturated heterocycles. The van der Waals surface area contributed by atoms with Gasteiger partial charge in [-0.25, -0.2) is 4.98 Å². The molecule has 1 heterocycles. The average molecular weight is 336 g/mol. The summed E-state index contributed by atoms with van der Waals surface area (Å²) in [5.41, 5.74) is 2.58. The van der Waals surface area contributed by atoms with Crippen molar-refractivity contribution in [2.75, 3.05) is 24.9 Å². The van der Waals surface area contributed by atoms with Gasteiger partial charge in [0.1, 0.15) is 17.3 Å². The van der Waals surface area contributed by atoms with Crippen molar-refractivity contribution in [3.05, 3.63) is 60.3 Å². The Morgan fingerprint density at radius 3 is 2.32 bits per heavy atom. The fraction of sp³-hybridized carbons (Fsp3) is 0.158. The third-order valence-corrected chi connectivity index (χ3v) is 3.57. The van der Waals surface area contributed by atoms with Gasteiger partial charge in [-0.05, 0) is 43.3 Å². The molecule has 3 aromatic rings. The lowest BCUT2D eigenvalue weighted by atomic mass is 10.3. The number of hydrogen-bond acceptors (Lipinski definition) is 6. The number of anilines is 4. The predicted octanol–water partition coefficient (Wildman–Crippen LogP) is 4.29. The minimum atomic E-state index is 0.500. The lowest BCUT2D eigenvalue weighted by Gasteiger charge is -2.12. The van der Waals surface area contributed by atoms with Crippen molar-refractivity contribution < 1.29 is 9.47 Å². The van der Waals surface area contributed by atoms with Gasteiger partial charge in [0, 0.05) is 17.4 Å². The predicted molar refractivity (Wildman–Crippen MR) is 99.3 cm³/mol. The second-order valence-corrected chi connectivity index (χ2v) is 5.40. The maximum absolute atomic E-state index is 5.35. The number of rotatable bonds is 6. The Bertz CT molecular complexity index is 850. The fourth-order valence-corrected chi connectivity index (χ4v) is 2.38. The zero-order valence-electron chi connectivity index (χ0n) is 14.4. The van der Waals surface area contributed by atoms with E-state index in [2.05, 4.69) is 20.6 Å². The topological polar surface area (TPSA) is 68.3 Å². The Morgan fingerprint density at radius 2 is 1.60 bits per heavy atom. The van der Waals surface area contributed by atoms with Gasteiger partial charge in [0.15, 0.2) is 0 Å². The summed E-state index contributed by atoms with van der Waals surface area (Å²) in [4.78, 5) is 8.96. The molecular weight excluding hydrogens is 316 g/mol. The second-order valence-electron chi connectivity index (χ2n) is 5.40. The van der Waals surface area contributed by atoms with Crippen molar-refractivity contribution in [1.29, 1.82) is 0 Å². The van der Waals surface area contributed by atoms with Crippen LogP contribution in [0.4, 0.5) is 23.1 Å². The smallest absolute Gasteiger partial charge is 0.229 e. The van der Waals surface area contributed by atoms with Crippen LogP contribution in [0.1, 0.15) is 5.69 Å². The van der Waals surface area contributed by atoms with Gasteiger partial charge in [0.05, 0.1) is 19.9 Å². The molecule has 0 fully saturated rings. The SMILES string of the molecule is COc1ccc(Nc2cc(C)nc(Nc3ccccc3OC)n2)cc1. The number of nitrogens with zero attached hydrogens (tertiary/aromatic N) is 2. The molecule has 0 amide bonds. The molecule has 0 saturated carbocycles. The van der Waals surface area contributed by atoms with Crippen LogP contribution in [-0.4, -0.2) is 24.2 Å². The summed E-state index contributed by atoms with van der Waals surface area (Å²) in [6.07, 6.45) is 0. The third kappa shape index (κ3) is 4.17. The molecule has 0 aliphatic heterocycles. The molecule has 0 aliphatic rings. The highest BCUT2D eigenvalue weighted by Crippen LogP contribution is 2.26. The van der Waals surface area contributed by atoms with Crippen molar-refractivity contribution in [2.24, 2.45) is 0 Å². The normalized spacial score (nSPS) is 10.2. The zero-order valence-corrected chi connectivity index (χ0v) is 14.4. The van der Waals surface area contributed by atoms with Crippen LogP contribution in [-0.2, 0) is 0 Å². The Balaban J connectivity index is 1.82. The minimum absolute atomic E-state index is 0.500. The maximum Gasteiger partial charge on any atom is 0.229 e. The quantitative estimate of drug-likeness (QED) is 0.700. The highest BCUT2D eigenvalue weighted by Gasteiger charge is 2.07. The van der Waals surface area contributed by atoms with Gasteiger partial charge in [0.25, 0.3) is 0 Å². The van der Waals surface area contributed by atoms with Crippen LogP contribution in [0, 0.1) is 6.92 Å². The van der Waals surface area contributed by atoms with Gasteiger partial charge < -0.3 is 20.1 Å². The molecule has 0 aliphatic carbocycles. The van der Waals surface area contributed by atoms with Gasteiger partial charge in [-0.15, -0.1) is 0 Å². The Morgan fingerprint density at radius 1 is 0.840 bits per heavy atom. The van der Waals surface area contributed by atoms with Crippen LogP contribution >= 0.6 is 0 Å². The highest BCUT2D eigenvalue weighted by atomic mass is 16.5. The summed E-state index contributed by atoms with van der Waals surface area (Å²) in [6.45, 7) is 1.92. The molecular formula is C19H20N4O2. The van der Waals surface area contributed by atoms with Crippen molar-refractivity contribution in [3.8, 4) is 11.5 Å². The third-order valence-electron chi connectivity index (χ3n) is 3.57. The number of ether oxygens (including phenoxy) is 2. The number of para-hydroxylation sites is 2. The standard InChI is InChI=1S/C19H20N4O2/c1-13-12-18(21-14-8-10-15(24-2)11-9-14)23-19(20-13)22-16-6-4-5-7-17(16)25-3/h4-12H,1-3H3,(H2,20,21,22,23). The van der Waals surface area contributed by atoms with Crippen LogP contribution in [0.3, 0.4) is 0 Å². The zero-order chi connectivity index (χ0) is 17.6. The van der Waals surface area contributed by atoms with Gasteiger partial charge in [-0.1, -0.05) is 12.1 Å². The molecule has 0 bridgehead atoms. The summed E-state index contributed by atoms with van der Waals surface area (Å²) in [5, 5.41) is 6.47. The molecule has 0 atom stereocenters. The number of methoxy groups -OCH3 is 2. The summed E-state index contributed by atoms with van der Waals surface area (Å²) in [6, 6.07) is 17.2. The first-order chi connectivity index (χ1) is 12.2.